The second kappa shape index (κ2) is 8.90. The zero-order chi connectivity index (χ0) is 12.5. The quantitative estimate of drug-likeness (QED) is 0.600. The molecule has 0 saturated heterocycles. The van der Waals surface area contributed by atoms with E-state index in [1.165, 1.54) is 38.5 Å². The van der Waals surface area contributed by atoms with Gasteiger partial charge in [-0.2, -0.15) is 0 Å². The van der Waals surface area contributed by atoms with Gasteiger partial charge in [0.2, 0.25) is 0 Å². The van der Waals surface area contributed by atoms with Crippen molar-refractivity contribution in [1.29, 1.82) is 0 Å². The molecule has 1 saturated carbocycles. The lowest BCUT2D eigenvalue weighted by atomic mass is 9.86. The SMILES string of the molecule is CCCCCCCCOC1CC(N)C1OCC. The van der Waals surface area contributed by atoms with Gasteiger partial charge in [0.25, 0.3) is 0 Å². The number of hydrogen-bond acceptors (Lipinski definition) is 3. The Bertz CT molecular complexity index is 187. The van der Waals surface area contributed by atoms with E-state index < -0.39 is 0 Å². The molecule has 17 heavy (non-hydrogen) atoms. The summed E-state index contributed by atoms with van der Waals surface area (Å²) in [6, 6.07) is 0.185. The molecule has 0 bridgehead atoms. The third-order valence-electron chi connectivity index (χ3n) is 3.48. The van der Waals surface area contributed by atoms with Gasteiger partial charge in [0.1, 0.15) is 0 Å². The summed E-state index contributed by atoms with van der Waals surface area (Å²) in [6.07, 6.45) is 9.20. The average molecular weight is 243 g/mol. The van der Waals surface area contributed by atoms with Gasteiger partial charge in [-0.3, -0.25) is 0 Å². The maximum Gasteiger partial charge on any atom is 0.0988 e. The molecule has 0 aromatic carbocycles. The zero-order valence-electron chi connectivity index (χ0n) is 11.5. The first-order chi connectivity index (χ1) is 8.29. The highest BCUT2D eigenvalue weighted by molar-refractivity contribution is 4.95. The van der Waals surface area contributed by atoms with Crippen molar-refractivity contribution in [2.75, 3.05) is 13.2 Å². The van der Waals surface area contributed by atoms with Gasteiger partial charge in [-0.15, -0.1) is 0 Å². The zero-order valence-corrected chi connectivity index (χ0v) is 11.5. The highest BCUT2D eigenvalue weighted by atomic mass is 16.5. The molecule has 1 aliphatic carbocycles. The minimum absolute atomic E-state index is 0.139. The van der Waals surface area contributed by atoms with Crippen molar-refractivity contribution in [3.8, 4) is 0 Å². The van der Waals surface area contributed by atoms with Crippen LogP contribution < -0.4 is 5.73 Å². The van der Waals surface area contributed by atoms with Gasteiger partial charge in [-0.05, 0) is 19.8 Å². The molecule has 0 radical (unpaired) electrons. The van der Waals surface area contributed by atoms with Gasteiger partial charge in [0.05, 0.1) is 12.2 Å². The van der Waals surface area contributed by atoms with Gasteiger partial charge in [-0.25, -0.2) is 0 Å². The van der Waals surface area contributed by atoms with Crippen molar-refractivity contribution in [3.63, 3.8) is 0 Å². The monoisotopic (exact) mass is 243 g/mol. The molecule has 0 aromatic heterocycles. The van der Waals surface area contributed by atoms with Crippen molar-refractivity contribution >= 4 is 0 Å². The molecule has 102 valence electrons. The van der Waals surface area contributed by atoms with Crippen LogP contribution >= 0.6 is 0 Å². The smallest absolute Gasteiger partial charge is 0.0988 e. The number of ether oxygens (including phenoxy) is 2. The van der Waals surface area contributed by atoms with Crippen molar-refractivity contribution in [2.24, 2.45) is 5.73 Å². The first-order valence-electron chi connectivity index (χ1n) is 7.28. The first kappa shape index (κ1) is 14.9. The average Bonchev–Trinajstić information content (AvgIpc) is 2.33. The molecule has 1 rings (SSSR count). The van der Waals surface area contributed by atoms with Crippen LogP contribution in [0.4, 0.5) is 0 Å². The van der Waals surface area contributed by atoms with Gasteiger partial charge < -0.3 is 15.2 Å². The predicted molar refractivity (Wildman–Crippen MR) is 71.1 cm³/mol. The predicted octanol–water partition coefficient (Wildman–Crippen LogP) is 2.87. The van der Waals surface area contributed by atoms with E-state index in [1.54, 1.807) is 0 Å². The Labute approximate surface area is 106 Å². The minimum atomic E-state index is 0.139. The molecule has 3 heteroatoms. The molecule has 3 atom stereocenters. The van der Waals surface area contributed by atoms with Crippen molar-refractivity contribution < 1.29 is 9.47 Å². The van der Waals surface area contributed by atoms with Gasteiger partial charge >= 0.3 is 0 Å². The molecule has 0 amide bonds. The highest BCUT2D eigenvalue weighted by Gasteiger charge is 2.40. The van der Waals surface area contributed by atoms with E-state index in [-0.39, 0.29) is 18.2 Å². The standard InChI is InChI=1S/C14H29NO2/c1-3-5-6-7-8-9-10-17-13-11-12(15)14(13)16-4-2/h12-14H,3-11,15H2,1-2H3. The van der Waals surface area contributed by atoms with Crippen LogP contribution in [0.5, 0.6) is 0 Å². The molecule has 3 nitrogen and oxygen atoms in total. The fourth-order valence-electron chi connectivity index (χ4n) is 2.32. The molecule has 1 fully saturated rings. The summed E-state index contributed by atoms with van der Waals surface area (Å²) in [5, 5.41) is 0. The molecule has 0 heterocycles. The second-order valence-electron chi connectivity index (χ2n) is 5.00. The van der Waals surface area contributed by atoms with E-state index in [2.05, 4.69) is 6.92 Å². The lowest BCUT2D eigenvalue weighted by molar-refractivity contribution is -0.137. The Morgan fingerprint density at radius 1 is 1.00 bits per heavy atom. The lowest BCUT2D eigenvalue weighted by Gasteiger charge is -2.41. The van der Waals surface area contributed by atoms with Crippen LogP contribution in [0.25, 0.3) is 0 Å². The van der Waals surface area contributed by atoms with Crippen LogP contribution in [-0.4, -0.2) is 31.5 Å². The summed E-state index contributed by atoms with van der Waals surface area (Å²) in [6.45, 7) is 5.86. The highest BCUT2D eigenvalue weighted by Crippen LogP contribution is 2.25. The number of nitrogens with two attached hydrogens (primary N) is 1. The van der Waals surface area contributed by atoms with Crippen molar-refractivity contribution in [2.45, 2.75) is 77.0 Å². The van der Waals surface area contributed by atoms with E-state index >= 15 is 0 Å². The Morgan fingerprint density at radius 3 is 2.35 bits per heavy atom. The first-order valence-corrected chi connectivity index (χ1v) is 7.28. The number of unbranched alkanes of at least 4 members (excludes halogenated alkanes) is 5. The number of rotatable bonds is 10. The van der Waals surface area contributed by atoms with Gasteiger partial charge in [0.15, 0.2) is 0 Å². The summed E-state index contributed by atoms with van der Waals surface area (Å²) < 4.78 is 11.4. The second-order valence-corrected chi connectivity index (χ2v) is 5.00. The van der Waals surface area contributed by atoms with Crippen LogP contribution in [-0.2, 0) is 9.47 Å². The maximum atomic E-state index is 5.88. The van der Waals surface area contributed by atoms with Crippen LogP contribution in [0.1, 0.15) is 58.8 Å². The summed E-state index contributed by atoms with van der Waals surface area (Å²) >= 11 is 0. The lowest BCUT2D eigenvalue weighted by Crippen LogP contribution is -2.58. The molecule has 3 unspecified atom stereocenters. The van der Waals surface area contributed by atoms with Crippen LogP contribution in [0.2, 0.25) is 0 Å². The Kier molecular flexibility index (Phi) is 7.82. The largest absolute Gasteiger partial charge is 0.375 e. The molecule has 0 aromatic rings. The summed E-state index contributed by atoms with van der Waals surface area (Å²) in [5.41, 5.74) is 5.88. The Balaban J connectivity index is 1.92. The van der Waals surface area contributed by atoms with E-state index in [0.29, 0.717) is 0 Å². The molecule has 1 aliphatic rings. The van der Waals surface area contributed by atoms with E-state index in [0.717, 1.165) is 19.6 Å². The topological polar surface area (TPSA) is 44.5 Å². The fraction of sp³-hybridized carbons (Fsp3) is 1.00. The molecular weight excluding hydrogens is 214 g/mol. The maximum absolute atomic E-state index is 5.88. The summed E-state index contributed by atoms with van der Waals surface area (Å²) in [7, 11) is 0. The molecule has 0 aliphatic heterocycles. The van der Waals surface area contributed by atoms with Crippen LogP contribution in [0, 0.1) is 0 Å². The van der Waals surface area contributed by atoms with Crippen LogP contribution in [0.3, 0.4) is 0 Å². The summed E-state index contributed by atoms with van der Waals surface area (Å²) in [5.74, 6) is 0. The fourth-order valence-corrected chi connectivity index (χ4v) is 2.32. The van der Waals surface area contributed by atoms with Gasteiger partial charge in [-0.1, -0.05) is 39.0 Å². The third kappa shape index (κ3) is 5.36. The van der Waals surface area contributed by atoms with Crippen LogP contribution in [0.15, 0.2) is 0 Å². The van der Waals surface area contributed by atoms with E-state index in [9.17, 15) is 0 Å². The molecular formula is C14H29NO2. The number of hydrogen-bond donors (Lipinski definition) is 1. The van der Waals surface area contributed by atoms with Crippen molar-refractivity contribution in [1.82, 2.24) is 0 Å². The third-order valence-corrected chi connectivity index (χ3v) is 3.48. The molecule has 2 N–H and O–H groups in total. The normalized spacial score (nSPS) is 28.1. The summed E-state index contributed by atoms with van der Waals surface area (Å²) in [4.78, 5) is 0. The van der Waals surface area contributed by atoms with Crippen molar-refractivity contribution in [3.05, 3.63) is 0 Å². The molecule has 0 spiro atoms. The minimum Gasteiger partial charge on any atom is -0.375 e. The van der Waals surface area contributed by atoms with Gasteiger partial charge in [0, 0.05) is 19.3 Å². The Morgan fingerprint density at radius 2 is 1.71 bits per heavy atom. The van der Waals surface area contributed by atoms with E-state index in [1.807, 2.05) is 6.92 Å². The van der Waals surface area contributed by atoms with E-state index in [4.69, 9.17) is 15.2 Å². The Hall–Kier alpha value is -0.120.